The lowest BCUT2D eigenvalue weighted by Gasteiger charge is -2.00. The minimum Gasteiger partial charge on any atom is -0.311 e. The predicted molar refractivity (Wildman–Crippen MR) is 65.5 cm³/mol. The minimum atomic E-state index is -0.124. The van der Waals surface area contributed by atoms with Crippen LogP contribution in [0.5, 0.6) is 0 Å². The van der Waals surface area contributed by atoms with Crippen LogP contribution in [0, 0.1) is 3.70 Å². The van der Waals surface area contributed by atoms with Gasteiger partial charge in [-0.25, -0.2) is 4.98 Å². The summed E-state index contributed by atoms with van der Waals surface area (Å²) in [6.07, 6.45) is 1.70. The number of hydrogen-bond acceptors (Lipinski definition) is 3. The molecule has 5 nitrogen and oxygen atoms in total. The number of aromatic nitrogens is 3. The molecular formula is C9H9IN4O. The Bertz CT molecular complexity index is 534. The molecule has 2 heterocycles. The van der Waals surface area contributed by atoms with Crippen LogP contribution in [0.25, 0.3) is 10.9 Å². The molecule has 0 aliphatic heterocycles. The lowest BCUT2D eigenvalue weighted by atomic mass is 10.3. The second-order valence-corrected chi connectivity index (χ2v) is 4.20. The van der Waals surface area contributed by atoms with Crippen LogP contribution in [0.3, 0.4) is 0 Å². The first-order chi connectivity index (χ1) is 7.08. The number of nitrogens with zero attached hydrogens (tertiary/aromatic N) is 3. The predicted octanol–water partition coefficient (Wildman–Crippen LogP) is 1.53. The van der Waals surface area contributed by atoms with Crippen LogP contribution in [-0.2, 0) is 11.8 Å². The second-order valence-electron chi connectivity index (χ2n) is 3.18. The van der Waals surface area contributed by atoms with Gasteiger partial charge >= 0.3 is 0 Å². The summed E-state index contributed by atoms with van der Waals surface area (Å²) in [5.74, 6) is 0.432. The molecule has 2 aromatic rings. The van der Waals surface area contributed by atoms with Gasteiger partial charge in [-0.05, 0) is 28.7 Å². The molecule has 78 valence electrons. The van der Waals surface area contributed by atoms with E-state index >= 15 is 0 Å². The van der Waals surface area contributed by atoms with E-state index in [9.17, 15) is 4.79 Å². The quantitative estimate of drug-likeness (QED) is 0.812. The van der Waals surface area contributed by atoms with E-state index in [1.165, 1.54) is 6.92 Å². The van der Waals surface area contributed by atoms with Crippen LogP contribution in [0.2, 0.25) is 0 Å². The van der Waals surface area contributed by atoms with E-state index in [1.807, 2.05) is 13.1 Å². The van der Waals surface area contributed by atoms with Crippen molar-refractivity contribution in [2.75, 3.05) is 5.32 Å². The molecular weight excluding hydrogens is 307 g/mol. The number of amides is 1. The minimum absolute atomic E-state index is 0.124. The SMILES string of the molecule is CC(=O)Nc1cc2c(I)nn(C)c2cn1. The Kier molecular flexibility index (Phi) is 2.59. The van der Waals surface area contributed by atoms with Gasteiger partial charge in [-0.3, -0.25) is 9.48 Å². The van der Waals surface area contributed by atoms with Crippen molar-refractivity contribution in [3.05, 3.63) is 16.0 Å². The molecule has 0 radical (unpaired) electrons. The lowest BCUT2D eigenvalue weighted by molar-refractivity contribution is -0.114. The molecule has 6 heteroatoms. The molecule has 0 aromatic carbocycles. The highest BCUT2D eigenvalue weighted by Gasteiger charge is 2.07. The van der Waals surface area contributed by atoms with Crippen molar-refractivity contribution >= 4 is 45.2 Å². The summed E-state index contributed by atoms with van der Waals surface area (Å²) in [6, 6.07) is 1.82. The van der Waals surface area contributed by atoms with E-state index in [0.717, 1.165) is 14.6 Å². The number of carbonyl (C=O) groups excluding carboxylic acids is 1. The van der Waals surface area contributed by atoms with Gasteiger partial charge in [-0.2, -0.15) is 5.10 Å². The maximum atomic E-state index is 10.9. The van der Waals surface area contributed by atoms with Crippen LogP contribution in [0.1, 0.15) is 6.92 Å². The van der Waals surface area contributed by atoms with Crippen molar-refractivity contribution in [3.8, 4) is 0 Å². The van der Waals surface area contributed by atoms with E-state index in [4.69, 9.17) is 0 Å². The molecule has 0 spiro atoms. The van der Waals surface area contributed by atoms with Crippen LogP contribution in [0.15, 0.2) is 12.3 Å². The molecule has 0 bridgehead atoms. The largest absolute Gasteiger partial charge is 0.311 e. The molecule has 0 aliphatic rings. The molecule has 0 unspecified atom stereocenters. The molecule has 15 heavy (non-hydrogen) atoms. The van der Waals surface area contributed by atoms with Crippen LogP contribution >= 0.6 is 22.6 Å². The molecule has 0 fully saturated rings. The van der Waals surface area contributed by atoms with Gasteiger partial charge in [0.15, 0.2) is 0 Å². The third kappa shape index (κ3) is 1.94. The first kappa shape index (κ1) is 10.3. The number of nitrogens with one attached hydrogen (secondary N) is 1. The van der Waals surface area contributed by atoms with Crippen molar-refractivity contribution in [1.82, 2.24) is 14.8 Å². The maximum absolute atomic E-state index is 10.9. The molecule has 0 saturated heterocycles. The summed E-state index contributed by atoms with van der Waals surface area (Å²) >= 11 is 2.16. The Balaban J connectivity index is 2.55. The Hall–Kier alpha value is -1.18. The van der Waals surface area contributed by atoms with Crippen LogP contribution in [0.4, 0.5) is 5.82 Å². The molecule has 0 atom stereocenters. The molecule has 1 N–H and O–H groups in total. The molecule has 2 rings (SSSR count). The molecule has 0 aliphatic carbocycles. The van der Waals surface area contributed by atoms with Gasteiger partial charge in [0.2, 0.25) is 5.91 Å². The first-order valence-corrected chi connectivity index (χ1v) is 5.41. The summed E-state index contributed by atoms with van der Waals surface area (Å²) in [7, 11) is 1.87. The second kappa shape index (κ2) is 3.76. The summed E-state index contributed by atoms with van der Waals surface area (Å²) < 4.78 is 2.67. The van der Waals surface area contributed by atoms with Crippen molar-refractivity contribution in [2.24, 2.45) is 7.05 Å². The standard InChI is InChI=1S/C9H9IN4O/c1-5(15)12-8-3-6-7(4-11-8)14(2)13-9(6)10/h3-4H,1-2H3,(H,11,12,15). The maximum Gasteiger partial charge on any atom is 0.222 e. The van der Waals surface area contributed by atoms with Gasteiger partial charge in [0.1, 0.15) is 9.52 Å². The topological polar surface area (TPSA) is 59.8 Å². The third-order valence-electron chi connectivity index (χ3n) is 2.00. The van der Waals surface area contributed by atoms with E-state index in [0.29, 0.717) is 5.82 Å². The average molecular weight is 316 g/mol. The van der Waals surface area contributed by atoms with Gasteiger partial charge in [-0.1, -0.05) is 0 Å². The highest BCUT2D eigenvalue weighted by Crippen LogP contribution is 2.21. The van der Waals surface area contributed by atoms with Crippen molar-refractivity contribution in [1.29, 1.82) is 0 Å². The fraction of sp³-hybridized carbons (Fsp3) is 0.222. The van der Waals surface area contributed by atoms with Gasteiger partial charge in [0.05, 0.1) is 11.7 Å². The van der Waals surface area contributed by atoms with E-state index < -0.39 is 0 Å². The Morgan fingerprint density at radius 2 is 2.33 bits per heavy atom. The normalized spacial score (nSPS) is 10.6. The average Bonchev–Trinajstić information content (AvgIpc) is 2.41. The summed E-state index contributed by atoms with van der Waals surface area (Å²) in [4.78, 5) is 15.0. The number of hydrogen-bond donors (Lipinski definition) is 1. The fourth-order valence-electron chi connectivity index (χ4n) is 1.36. The number of anilines is 1. The zero-order valence-corrected chi connectivity index (χ0v) is 10.4. The number of fused-ring (bicyclic) bond motifs is 1. The summed E-state index contributed by atoms with van der Waals surface area (Å²) in [6.45, 7) is 1.46. The van der Waals surface area contributed by atoms with Crippen molar-refractivity contribution in [3.63, 3.8) is 0 Å². The smallest absolute Gasteiger partial charge is 0.222 e. The summed E-state index contributed by atoms with van der Waals surface area (Å²) in [5, 5.41) is 7.90. The highest BCUT2D eigenvalue weighted by atomic mass is 127. The van der Waals surface area contributed by atoms with Crippen LogP contribution < -0.4 is 5.32 Å². The zero-order valence-electron chi connectivity index (χ0n) is 8.28. The van der Waals surface area contributed by atoms with E-state index in [1.54, 1.807) is 10.9 Å². The van der Waals surface area contributed by atoms with E-state index in [-0.39, 0.29) is 5.91 Å². The molecule has 0 saturated carbocycles. The number of carbonyl (C=O) groups is 1. The van der Waals surface area contributed by atoms with Crippen molar-refractivity contribution in [2.45, 2.75) is 6.92 Å². The summed E-state index contributed by atoms with van der Waals surface area (Å²) in [5.41, 5.74) is 0.952. The van der Waals surface area contributed by atoms with Gasteiger partial charge in [-0.15, -0.1) is 0 Å². The monoisotopic (exact) mass is 316 g/mol. The Labute approximate surface area is 100 Å². The molecule has 2 aromatic heterocycles. The van der Waals surface area contributed by atoms with Gasteiger partial charge in [0, 0.05) is 19.4 Å². The number of pyridine rings is 1. The highest BCUT2D eigenvalue weighted by molar-refractivity contribution is 14.1. The van der Waals surface area contributed by atoms with Crippen LogP contribution in [-0.4, -0.2) is 20.7 Å². The molecule has 1 amide bonds. The Morgan fingerprint density at radius 3 is 3.00 bits per heavy atom. The zero-order chi connectivity index (χ0) is 11.0. The fourth-order valence-corrected chi connectivity index (χ4v) is 2.12. The Morgan fingerprint density at radius 1 is 1.60 bits per heavy atom. The number of rotatable bonds is 1. The van der Waals surface area contributed by atoms with Gasteiger partial charge in [0.25, 0.3) is 0 Å². The van der Waals surface area contributed by atoms with Crippen molar-refractivity contribution < 1.29 is 4.79 Å². The number of aryl methyl sites for hydroxylation is 1. The third-order valence-corrected chi connectivity index (χ3v) is 2.79. The lowest BCUT2D eigenvalue weighted by Crippen LogP contribution is -2.07. The number of halogens is 1. The van der Waals surface area contributed by atoms with E-state index in [2.05, 4.69) is 38.0 Å². The van der Waals surface area contributed by atoms with Gasteiger partial charge < -0.3 is 5.32 Å². The first-order valence-electron chi connectivity index (χ1n) is 4.34.